The van der Waals surface area contributed by atoms with Crippen LogP contribution in [-0.2, 0) is 0 Å². The number of benzene rings is 1. The van der Waals surface area contributed by atoms with Gasteiger partial charge in [-0.1, -0.05) is 6.07 Å². The van der Waals surface area contributed by atoms with Crippen molar-refractivity contribution in [1.29, 1.82) is 0 Å². The first-order chi connectivity index (χ1) is 12.6. The first-order valence-electron chi connectivity index (χ1n) is 7.87. The van der Waals surface area contributed by atoms with E-state index in [-0.39, 0.29) is 5.69 Å². The number of rotatable bonds is 7. The van der Waals surface area contributed by atoms with E-state index < -0.39 is 4.92 Å². The fraction of sp³-hybridized carbons (Fsp3) is 0.312. The summed E-state index contributed by atoms with van der Waals surface area (Å²) in [6.45, 7) is 2.84. The van der Waals surface area contributed by atoms with E-state index in [1.165, 1.54) is 12.4 Å². The lowest BCUT2D eigenvalue weighted by molar-refractivity contribution is -0.385. The second kappa shape index (κ2) is 7.84. The molecule has 0 radical (unpaired) electrons. The monoisotopic (exact) mass is 394 g/mol. The Morgan fingerprint density at radius 1 is 1.19 bits per heavy atom. The van der Waals surface area contributed by atoms with Crippen LogP contribution in [0.2, 0.25) is 0 Å². The van der Waals surface area contributed by atoms with Crippen LogP contribution in [-0.4, -0.2) is 49.3 Å². The number of alkyl halides is 2. The van der Waals surface area contributed by atoms with Gasteiger partial charge in [-0.2, -0.15) is 0 Å². The van der Waals surface area contributed by atoms with Crippen molar-refractivity contribution in [1.82, 2.24) is 19.5 Å². The molecule has 1 aromatic carbocycles. The number of anilines is 1. The van der Waals surface area contributed by atoms with Gasteiger partial charge in [0.2, 0.25) is 0 Å². The first-order valence-corrected chi connectivity index (χ1v) is 8.94. The Kier molecular flexibility index (Phi) is 5.53. The molecule has 0 amide bonds. The number of aryl methyl sites for hydroxylation is 1. The van der Waals surface area contributed by atoms with Crippen LogP contribution < -0.4 is 4.90 Å². The van der Waals surface area contributed by atoms with Crippen molar-refractivity contribution in [2.24, 2.45) is 0 Å². The summed E-state index contributed by atoms with van der Waals surface area (Å²) in [7, 11) is 0. The first kappa shape index (κ1) is 18.3. The van der Waals surface area contributed by atoms with Crippen LogP contribution in [0.5, 0.6) is 0 Å². The largest absolute Gasteiger partial charge is 0.352 e. The van der Waals surface area contributed by atoms with Crippen LogP contribution in [0.1, 0.15) is 5.56 Å². The molecule has 3 aromatic rings. The summed E-state index contributed by atoms with van der Waals surface area (Å²) >= 11 is 11.8. The highest BCUT2D eigenvalue weighted by Gasteiger charge is 2.18. The Labute approximate surface area is 159 Å². The topological polar surface area (TPSA) is 90.0 Å². The predicted octanol–water partition coefficient (Wildman–Crippen LogP) is 3.32. The lowest BCUT2D eigenvalue weighted by Gasteiger charge is -2.21. The van der Waals surface area contributed by atoms with E-state index in [2.05, 4.69) is 15.0 Å². The quantitative estimate of drug-likeness (QED) is 0.346. The molecule has 0 saturated carbocycles. The van der Waals surface area contributed by atoms with E-state index in [1.807, 2.05) is 4.90 Å². The van der Waals surface area contributed by atoms with Crippen molar-refractivity contribution in [2.45, 2.75) is 6.92 Å². The number of imidazole rings is 1. The number of nitro groups is 1. The Bertz CT molecular complexity index is 940. The lowest BCUT2D eigenvalue weighted by atomic mass is 10.2. The highest BCUT2D eigenvalue weighted by molar-refractivity contribution is 6.18. The van der Waals surface area contributed by atoms with Crippen molar-refractivity contribution in [3.05, 3.63) is 46.5 Å². The van der Waals surface area contributed by atoms with Crippen molar-refractivity contribution in [3.63, 3.8) is 0 Å². The predicted molar refractivity (Wildman–Crippen MR) is 102 cm³/mol. The Morgan fingerprint density at radius 2 is 1.92 bits per heavy atom. The van der Waals surface area contributed by atoms with Gasteiger partial charge in [0.05, 0.1) is 10.6 Å². The number of fused-ring (bicyclic) bond motifs is 1. The molecule has 0 bridgehead atoms. The standard InChI is InChI=1S/C16H16Cl2N6O2/c1-11-2-3-12(8-13(11)24(25)26)23-10-21-14-15(19-9-20-16(14)23)22(6-4-17)7-5-18/h2-3,8-10H,4-7H2,1H3. The van der Waals surface area contributed by atoms with Gasteiger partial charge in [0.25, 0.3) is 5.69 Å². The van der Waals surface area contributed by atoms with E-state index in [4.69, 9.17) is 23.2 Å². The molecule has 2 aromatic heterocycles. The molecule has 0 saturated heterocycles. The van der Waals surface area contributed by atoms with Crippen molar-refractivity contribution < 1.29 is 4.92 Å². The van der Waals surface area contributed by atoms with E-state index in [9.17, 15) is 10.1 Å². The molecule has 26 heavy (non-hydrogen) atoms. The zero-order chi connectivity index (χ0) is 18.7. The molecule has 8 nitrogen and oxygen atoms in total. The second-order valence-electron chi connectivity index (χ2n) is 5.58. The Hall–Kier alpha value is -2.45. The van der Waals surface area contributed by atoms with Gasteiger partial charge in [0, 0.05) is 36.5 Å². The molecule has 0 fully saturated rings. The van der Waals surface area contributed by atoms with Crippen LogP contribution in [0.15, 0.2) is 30.9 Å². The van der Waals surface area contributed by atoms with E-state index >= 15 is 0 Å². The smallest absolute Gasteiger partial charge is 0.274 e. The summed E-state index contributed by atoms with van der Waals surface area (Å²) < 4.78 is 1.70. The molecule has 0 aliphatic heterocycles. The summed E-state index contributed by atoms with van der Waals surface area (Å²) in [5.74, 6) is 1.48. The SMILES string of the molecule is Cc1ccc(-n2cnc3c(N(CCCl)CCCl)ncnc32)cc1[N+](=O)[O-]. The lowest BCUT2D eigenvalue weighted by Crippen LogP contribution is -2.28. The molecular weight excluding hydrogens is 379 g/mol. The highest BCUT2D eigenvalue weighted by Crippen LogP contribution is 2.27. The number of aromatic nitrogens is 4. The van der Waals surface area contributed by atoms with Crippen LogP contribution in [0.4, 0.5) is 11.5 Å². The van der Waals surface area contributed by atoms with Gasteiger partial charge in [0.1, 0.15) is 12.7 Å². The molecule has 10 heteroatoms. The van der Waals surface area contributed by atoms with Gasteiger partial charge in [-0.25, -0.2) is 15.0 Å². The molecule has 2 heterocycles. The van der Waals surface area contributed by atoms with Crippen LogP contribution in [0.25, 0.3) is 16.9 Å². The highest BCUT2D eigenvalue weighted by atomic mass is 35.5. The third-order valence-corrected chi connectivity index (χ3v) is 4.33. The summed E-state index contributed by atoms with van der Waals surface area (Å²) in [6.07, 6.45) is 3.02. The minimum absolute atomic E-state index is 0.0459. The van der Waals surface area contributed by atoms with Gasteiger partial charge >= 0.3 is 0 Å². The molecule has 136 valence electrons. The molecule has 0 aliphatic carbocycles. The molecule has 0 unspecified atom stereocenters. The average molecular weight is 395 g/mol. The minimum Gasteiger partial charge on any atom is -0.352 e. The maximum atomic E-state index is 11.2. The molecule has 0 atom stereocenters. The van der Waals surface area contributed by atoms with Crippen LogP contribution in [0, 0.1) is 17.0 Å². The summed E-state index contributed by atoms with van der Waals surface area (Å²) in [4.78, 5) is 25.8. The van der Waals surface area contributed by atoms with Gasteiger partial charge < -0.3 is 4.90 Å². The Balaban J connectivity index is 2.11. The van der Waals surface area contributed by atoms with Crippen molar-refractivity contribution in [2.75, 3.05) is 29.7 Å². The average Bonchev–Trinajstić information content (AvgIpc) is 3.06. The molecule has 0 spiro atoms. The molecular formula is C16H16Cl2N6O2. The normalized spacial score (nSPS) is 11.0. The molecule has 3 rings (SSSR count). The van der Waals surface area contributed by atoms with Crippen molar-refractivity contribution >= 4 is 45.9 Å². The maximum absolute atomic E-state index is 11.2. The summed E-state index contributed by atoms with van der Waals surface area (Å²) in [6, 6.07) is 5.00. The zero-order valence-corrected chi connectivity index (χ0v) is 15.5. The zero-order valence-electron chi connectivity index (χ0n) is 14.0. The number of hydrogen-bond donors (Lipinski definition) is 0. The fourth-order valence-corrected chi connectivity index (χ4v) is 3.12. The number of halogens is 2. The number of nitrogens with zero attached hydrogens (tertiary/aromatic N) is 6. The second-order valence-corrected chi connectivity index (χ2v) is 6.33. The van der Waals surface area contributed by atoms with Crippen LogP contribution >= 0.6 is 23.2 Å². The third kappa shape index (κ3) is 3.42. The van der Waals surface area contributed by atoms with Gasteiger partial charge in [-0.15, -0.1) is 23.2 Å². The van der Waals surface area contributed by atoms with E-state index in [1.54, 1.807) is 30.0 Å². The Morgan fingerprint density at radius 3 is 2.58 bits per heavy atom. The van der Waals surface area contributed by atoms with E-state index in [0.717, 1.165) is 0 Å². The third-order valence-electron chi connectivity index (χ3n) is 3.99. The van der Waals surface area contributed by atoms with E-state index in [0.29, 0.717) is 53.1 Å². The fourth-order valence-electron chi connectivity index (χ4n) is 2.71. The number of hydrogen-bond acceptors (Lipinski definition) is 6. The summed E-state index contributed by atoms with van der Waals surface area (Å²) in [5.41, 5.74) is 2.39. The van der Waals surface area contributed by atoms with Gasteiger partial charge in [-0.05, 0) is 13.0 Å². The molecule has 0 aliphatic rings. The maximum Gasteiger partial charge on any atom is 0.274 e. The van der Waals surface area contributed by atoms with Gasteiger partial charge in [-0.3, -0.25) is 14.7 Å². The summed E-state index contributed by atoms with van der Waals surface area (Å²) in [5, 5.41) is 11.2. The van der Waals surface area contributed by atoms with Crippen molar-refractivity contribution in [3.8, 4) is 5.69 Å². The van der Waals surface area contributed by atoms with Crippen LogP contribution in [0.3, 0.4) is 0 Å². The van der Waals surface area contributed by atoms with Gasteiger partial charge in [0.15, 0.2) is 17.0 Å². The minimum atomic E-state index is -0.402. The number of nitro benzene ring substituents is 1. The molecule has 0 N–H and O–H groups in total.